The minimum absolute atomic E-state index is 0.0236. The van der Waals surface area contributed by atoms with E-state index < -0.39 is 51.9 Å². The Kier molecular flexibility index (Phi) is 7.52. The molecular formula is C23H22F5N5O4S. The number of Topliss-reactive ketones (excluding diaryl/α,β-unsaturated/α-hetero) is 1. The third kappa shape index (κ3) is 5.38. The fourth-order valence-electron chi connectivity index (χ4n) is 4.23. The van der Waals surface area contributed by atoms with E-state index in [4.69, 9.17) is 4.74 Å². The number of sulfonamides is 1. The summed E-state index contributed by atoms with van der Waals surface area (Å²) >= 11 is 0. The largest absolute Gasteiger partial charge is 0.480 e. The van der Waals surface area contributed by atoms with Gasteiger partial charge in [-0.2, -0.15) is 17.5 Å². The number of carbonyl (C=O) groups is 1. The molecule has 0 bridgehead atoms. The minimum atomic E-state index is -4.71. The number of aromatic nitrogens is 4. The molecule has 1 aromatic carbocycles. The summed E-state index contributed by atoms with van der Waals surface area (Å²) in [6.07, 6.45) is -3.54. The van der Waals surface area contributed by atoms with Gasteiger partial charge >= 0.3 is 6.18 Å². The number of benzene rings is 1. The van der Waals surface area contributed by atoms with Crippen LogP contribution in [-0.2, 0) is 27.4 Å². The molecule has 1 fully saturated rings. The average Bonchev–Trinajstić information content (AvgIpc) is 3.43. The number of methoxy groups -OCH3 is 1. The maximum absolute atomic E-state index is 14.6. The molecule has 0 unspecified atom stereocenters. The van der Waals surface area contributed by atoms with E-state index >= 15 is 0 Å². The van der Waals surface area contributed by atoms with Gasteiger partial charge in [-0.1, -0.05) is 0 Å². The van der Waals surface area contributed by atoms with Gasteiger partial charge in [0.2, 0.25) is 21.7 Å². The van der Waals surface area contributed by atoms with E-state index in [0.29, 0.717) is 5.56 Å². The molecular weight excluding hydrogens is 537 g/mol. The van der Waals surface area contributed by atoms with Gasteiger partial charge in [-0.25, -0.2) is 31.8 Å². The summed E-state index contributed by atoms with van der Waals surface area (Å²) in [5, 5.41) is 4.12. The number of hydrogen-bond donors (Lipinski definition) is 0. The Morgan fingerprint density at radius 1 is 1.16 bits per heavy atom. The quantitative estimate of drug-likeness (QED) is 0.389. The molecule has 4 rings (SSSR count). The van der Waals surface area contributed by atoms with E-state index in [9.17, 15) is 35.2 Å². The first-order chi connectivity index (χ1) is 17.8. The molecule has 0 N–H and O–H groups in total. The zero-order valence-electron chi connectivity index (χ0n) is 20.1. The zero-order chi connectivity index (χ0) is 27.8. The highest BCUT2D eigenvalue weighted by molar-refractivity contribution is 7.89. The molecule has 1 aliphatic rings. The number of carbonyl (C=O) groups excluding carboxylic acids is 1. The zero-order valence-corrected chi connectivity index (χ0v) is 20.9. The van der Waals surface area contributed by atoms with Gasteiger partial charge in [-0.3, -0.25) is 4.79 Å². The molecule has 0 saturated carbocycles. The van der Waals surface area contributed by atoms with Gasteiger partial charge in [-0.05, 0) is 37.6 Å². The minimum Gasteiger partial charge on any atom is -0.480 e. The Labute approximate surface area is 214 Å². The predicted molar refractivity (Wildman–Crippen MR) is 122 cm³/mol. The summed E-state index contributed by atoms with van der Waals surface area (Å²) in [5.41, 5.74) is 0.506. The van der Waals surface area contributed by atoms with Gasteiger partial charge in [0.25, 0.3) is 0 Å². The molecule has 0 aliphatic carbocycles. The van der Waals surface area contributed by atoms with E-state index in [1.54, 1.807) is 0 Å². The lowest BCUT2D eigenvalue weighted by atomic mass is 10.0. The SMILES string of the molecule is COc1nn(-c2cnc(C(F)(F)F)nc2)cc1CCC(=O)[C@@H]1C[C@@H](F)[C@H](C)N1S(=O)(=O)c1ccc(F)cc1. The summed E-state index contributed by atoms with van der Waals surface area (Å²) in [4.78, 5) is 19.4. The molecule has 2 aromatic heterocycles. The monoisotopic (exact) mass is 559 g/mol. The fraction of sp³-hybridized carbons (Fsp3) is 0.391. The molecule has 3 aromatic rings. The number of ketones is 1. The van der Waals surface area contributed by atoms with Crippen LogP contribution in [0.3, 0.4) is 0 Å². The first-order valence-corrected chi connectivity index (χ1v) is 12.7. The Balaban J connectivity index is 1.52. The smallest absolute Gasteiger partial charge is 0.451 e. The second kappa shape index (κ2) is 10.4. The van der Waals surface area contributed by atoms with Crippen molar-refractivity contribution in [3.63, 3.8) is 0 Å². The van der Waals surface area contributed by atoms with Gasteiger partial charge in [0.15, 0.2) is 5.78 Å². The van der Waals surface area contributed by atoms with Crippen LogP contribution in [0.2, 0.25) is 0 Å². The maximum atomic E-state index is 14.6. The first-order valence-electron chi connectivity index (χ1n) is 11.3. The summed E-state index contributed by atoms with van der Waals surface area (Å²) in [6, 6.07) is 1.63. The average molecular weight is 560 g/mol. The molecule has 1 saturated heterocycles. The van der Waals surface area contributed by atoms with E-state index in [2.05, 4.69) is 15.1 Å². The normalized spacial score (nSPS) is 20.6. The molecule has 38 heavy (non-hydrogen) atoms. The van der Waals surface area contributed by atoms with Gasteiger partial charge < -0.3 is 4.74 Å². The molecule has 1 aliphatic heterocycles. The van der Waals surface area contributed by atoms with Crippen LogP contribution in [-0.4, -0.2) is 63.6 Å². The topological polar surface area (TPSA) is 107 Å². The van der Waals surface area contributed by atoms with Crippen molar-refractivity contribution < 1.29 is 39.9 Å². The van der Waals surface area contributed by atoms with Crippen LogP contribution < -0.4 is 4.74 Å². The Morgan fingerprint density at radius 3 is 2.37 bits per heavy atom. The third-order valence-electron chi connectivity index (χ3n) is 6.18. The van der Waals surface area contributed by atoms with Crippen LogP contribution >= 0.6 is 0 Å². The molecule has 3 heterocycles. The number of halogens is 5. The van der Waals surface area contributed by atoms with Crippen LogP contribution in [0, 0.1) is 5.82 Å². The number of nitrogens with zero attached hydrogens (tertiary/aromatic N) is 5. The van der Waals surface area contributed by atoms with Crippen LogP contribution in [0.5, 0.6) is 5.88 Å². The lowest BCUT2D eigenvalue weighted by Gasteiger charge is -2.26. The number of rotatable bonds is 8. The molecule has 0 spiro atoms. The lowest BCUT2D eigenvalue weighted by Crippen LogP contribution is -2.44. The van der Waals surface area contributed by atoms with Crippen LogP contribution in [0.15, 0.2) is 47.8 Å². The van der Waals surface area contributed by atoms with Crippen molar-refractivity contribution in [3.8, 4) is 11.6 Å². The van der Waals surface area contributed by atoms with Crippen molar-refractivity contribution >= 4 is 15.8 Å². The van der Waals surface area contributed by atoms with E-state index in [0.717, 1.165) is 41.0 Å². The summed E-state index contributed by atoms with van der Waals surface area (Å²) in [6.45, 7) is 1.36. The van der Waals surface area contributed by atoms with Crippen molar-refractivity contribution in [1.82, 2.24) is 24.1 Å². The van der Waals surface area contributed by atoms with E-state index in [1.165, 1.54) is 24.9 Å². The predicted octanol–water partition coefficient (Wildman–Crippen LogP) is 3.52. The van der Waals surface area contributed by atoms with Gasteiger partial charge in [0.1, 0.15) is 17.7 Å². The van der Waals surface area contributed by atoms with Gasteiger partial charge in [0, 0.05) is 24.6 Å². The molecule has 204 valence electrons. The highest BCUT2D eigenvalue weighted by atomic mass is 32.2. The number of hydrogen-bond acceptors (Lipinski definition) is 7. The number of alkyl halides is 4. The first kappa shape index (κ1) is 27.6. The Hall–Kier alpha value is -3.46. The van der Waals surface area contributed by atoms with Crippen LogP contribution in [0.1, 0.15) is 31.2 Å². The third-order valence-corrected chi connectivity index (χ3v) is 8.19. The fourth-order valence-corrected chi connectivity index (χ4v) is 6.06. The molecule has 15 heteroatoms. The van der Waals surface area contributed by atoms with E-state index in [1.807, 2.05) is 0 Å². The van der Waals surface area contributed by atoms with Crippen LogP contribution in [0.25, 0.3) is 5.69 Å². The molecule has 9 nitrogen and oxygen atoms in total. The second-order valence-electron chi connectivity index (χ2n) is 8.63. The molecule has 0 amide bonds. The Morgan fingerprint density at radius 2 is 1.79 bits per heavy atom. The second-order valence-corrected chi connectivity index (χ2v) is 10.5. The van der Waals surface area contributed by atoms with Crippen molar-refractivity contribution in [1.29, 1.82) is 0 Å². The Bertz CT molecular complexity index is 1410. The number of ether oxygens (including phenoxy) is 1. The van der Waals surface area contributed by atoms with Gasteiger partial charge in [0.05, 0.1) is 36.5 Å². The highest BCUT2D eigenvalue weighted by Crippen LogP contribution is 2.34. The summed E-state index contributed by atoms with van der Waals surface area (Å²) in [5.74, 6) is -2.43. The maximum Gasteiger partial charge on any atom is 0.451 e. The molecule has 0 radical (unpaired) electrons. The van der Waals surface area contributed by atoms with Crippen LogP contribution in [0.4, 0.5) is 22.0 Å². The van der Waals surface area contributed by atoms with E-state index in [-0.39, 0.29) is 35.7 Å². The van der Waals surface area contributed by atoms with Crippen molar-refractivity contribution in [2.45, 2.75) is 55.5 Å². The highest BCUT2D eigenvalue weighted by Gasteiger charge is 2.48. The van der Waals surface area contributed by atoms with Gasteiger partial charge in [-0.15, -0.1) is 5.10 Å². The van der Waals surface area contributed by atoms with Crippen molar-refractivity contribution in [2.75, 3.05) is 7.11 Å². The molecule has 3 atom stereocenters. The standard InChI is InChI=1S/C23H22F5N5O4S/c1-13-18(25)9-19(33(13)38(35,36)17-6-4-15(24)5-7-17)20(34)8-3-14-12-32(31-21(14)37-2)16-10-29-22(30-11-16)23(26,27)28/h4-7,10-13,18-19H,3,8-9H2,1-2H3/t13-,18+,19-/m0/s1. The summed E-state index contributed by atoms with van der Waals surface area (Å²) in [7, 11) is -2.99. The number of aryl methyl sites for hydroxylation is 1. The summed E-state index contributed by atoms with van der Waals surface area (Å²) < 4.78 is 99.7. The van der Waals surface area contributed by atoms with Crippen molar-refractivity contribution in [3.05, 3.63) is 60.1 Å². The van der Waals surface area contributed by atoms with Crippen molar-refractivity contribution in [2.24, 2.45) is 0 Å². The lowest BCUT2D eigenvalue weighted by molar-refractivity contribution is -0.145.